The number of carbonyl (C=O) groups is 14. The van der Waals surface area contributed by atoms with Gasteiger partial charge in [0.1, 0.15) is 64.9 Å². The molecule has 0 radical (unpaired) electrons. The van der Waals surface area contributed by atoms with Crippen LogP contribution in [0, 0.1) is 27.7 Å². The van der Waals surface area contributed by atoms with E-state index in [-0.39, 0.29) is 165 Å². The number of nitrogens with zero attached hydrogens (tertiary/aromatic N) is 5. The molecule has 1 saturated heterocycles. The Bertz CT molecular complexity index is 6100. The summed E-state index contributed by atoms with van der Waals surface area (Å²) in [5, 5.41) is 80.8. The number of nitrogens with one attached hydrogen (secondary N) is 14. The number of ether oxygens (including phenoxy) is 2. The van der Waals surface area contributed by atoms with Gasteiger partial charge in [-0.25, -0.2) is 21.8 Å². The standard InChI is InChI=1S/C95H131N19O31S4/c1-59-47-71(48-60(2)85(59)148(140,141)109-74(94(130)131)51-102-89(125)67-19-13-63(14-20-67)17-25-69-27-23-65-9-5-31-98-87(65)104-69)144-45-7-11-78(115)96-33-35-100-91(127)76(57-146(134,135)136)107-80(117)30-29-73(106-81(118)53-111-37-39-112(54-82(119)120)41-43-114(56-84(123)124)44-42-113(40-38-111)55-83(121)122)93(129)108-77(58-147(137,138)139)92(128)101-36-34-97-79(116)12-8-46-145-72-49-61(3)86(62(4)50-72)149(142,143)110-75(95(132)133)52-103-90(126)68-21-15-64(16-22-68)18-26-70-28-24-66-10-6-32-99-88(66)105-70/h13-16,19-24,27-28,47-50,69,73-77,98,104,109-110H,5-12,17-18,25-26,29-46,51-58H2,1-4H3,(H,96,115)(H,97,116)(H,99,105)(H,100,127)(H,101,128)(H,102,125)(H,103,126)(H,106,118)(H,107,117)(H,108,129)(H,119,120)(H,121,122)(H,123,124)(H,130,131)(H,132,133)(H,134,135,136)(H,137,138,139)/t69?,73?,74-,75-,76-,77-/m0/s1. The van der Waals surface area contributed by atoms with Gasteiger partial charge < -0.3 is 98.8 Å². The zero-order valence-electron chi connectivity index (χ0n) is 82.9. The largest absolute Gasteiger partial charge is 0.494 e. The second kappa shape index (κ2) is 57.4. The summed E-state index contributed by atoms with van der Waals surface area (Å²) in [6.07, 6.45) is 9.06. The summed E-state index contributed by atoms with van der Waals surface area (Å²) in [7, 11) is -19.5. The van der Waals surface area contributed by atoms with Crippen LogP contribution in [-0.4, -0.2) is 368 Å². The zero-order valence-corrected chi connectivity index (χ0v) is 86.1. The molecule has 5 aromatic rings. The fourth-order valence-electron chi connectivity index (χ4n) is 16.8. The number of sulfonamides is 2. The fourth-order valence-corrected chi connectivity index (χ4v) is 21.4. The maximum Gasteiger partial charge on any atom is 0.323 e. The Morgan fingerprint density at radius 3 is 1.30 bits per heavy atom. The molecule has 21 N–H and O–H groups in total. The number of dihydropyridines is 1. The molecule has 0 aliphatic carbocycles. The minimum Gasteiger partial charge on any atom is -0.494 e. The van der Waals surface area contributed by atoms with Crippen molar-refractivity contribution in [2.45, 2.75) is 164 Å². The van der Waals surface area contributed by atoms with E-state index in [0.29, 0.717) is 19.3 Å². The number of benzene rings is 4. The van der Waals surface area contributed by atoms with Crippen LogP contribution in [-0.2, 0) is 124 Å². The smallest absolute Gasteiger partial charge is 0.323 e. The molecule has 4 aliphatic rings. The van der Waals surface area contributed by atoms with E-state index in [1.807, 2.05) is 6.07 Å². The Labute approximate surface area is 862 Å². The molecule has 1 fully saturated rings. The maximum absolute atomic E-state index is 14.5. The highest BCUT2D eigenvalue weighted by molar-refractivity contribution is 7.90. The van der Waals surface area contributed by atoms with E-state index in [0.717, 1.165) is 73.7 Å². The number of anilines is 1. The highest BCUT2D eigenvalue weighted by Crippen LogP contribution is 2.30. The van der Waals surface area contributed by atoms with Crippen LogP contribution in [0.4, 0.5) is 5.82 Å². The van der Waals surface area contributed by atoms with E-state index < -0.39 is 230 Å². The van der Waals surface area contributed by atoms with Crippen molar-refractivity contribution in [3.8, 4) is 11.5 Å². The fraction of sp³-hybridized carbons (Fsp3) is 0.505. The molecule has 0 saturated carbocycles. The molecule has 9 rings (SSSR count). The van der Waals surface area contributed by atoms with Crippen LogP contribution in [0.15, 0.2) is 118 Å². The molecule has 0 spiro atoms. The summed E-state index contributed by atoms with van der Waals surface area (Å²) in [5.74, 6) is -16.4. The molecule has 816 valence electrons. The second-order valence-corrected chi connectivity index (χ2v) is 42.6. The third kappa shape index (κ3) is 41.2. The van der Waals surface area contributed by atoms with Crippen LogP contribution in [0.25, 0.3) is 0 Å². The molecule has 149 heavy (non-hydrogen) atoms. The molecule has 54 heteroatoms. The molecule has 4 aromatic carbocycles. The van der Waals surface area contributed by atoms with E-state index >= 15 is 0 Å². The summed E-state index contributed by atoms with van der Waals surface area (Å²) < 4.78 is 141. The maximum atomic E-state index is 14.5. The van der Waals surface area contributed by atoms with Gasteiger partial charge in [-0.2, -0.15) is 26.3 Å². The van der Waals surface area contributed by atoms with Crippen molar-refractivity contribution in [1.82, 2.24) is 92.5 Å². The first-order valence-electron chi connectivity index (χ1n) is 48.3. The second-order valence-electron chi connectivity index (χ2n) is 36.3. The van der Waals surface area contributed by atoms with Crippen LogP contribution >= 0.6 is 0 Å². The quantitative estimate of drug-likeness (QED) is 0.0145. The van der Waals surface area contributed by atoms with Gasteiger partial charge in [0.2, 0.25) is 61.4 Å². The van der Waals surface area contributed by atoms with Crippen molar-refractivity contribution in [1.29, 1.82) is 0 Å². The number of fused-ring (bicyclic) bond motifs is 1. The molecular weight excluding hydrogens is 2030 g/mol. The molecule has 1 aromatic heterocycles. The Morgan fingerprint density at radius 1 is 0.443 bits per heavy atom. The number of amides is 9. The van der Waals surface area contributed by atoms with Crippen LogP contribution in [0.2, 0.25) is 0 Å². The van der Waals surface area contributed by atoms with Crippen LogP contribution in [0.5, 0.6) is 11.5 Å². The lowest BCUT2D eigenvalue weighted by molar-refractivity contribution is -0.140. The van der Waals surface area contributed by atoms with Crippen molar-refractivity contribution in [2.24, 2.45) is 0 Å². The van der Waals surface area contributed by atoms with Crippen molar-refractivity contribution in [2.75, 3.05) is 161 Å². The summed E-state index contributed by atoms with van der Waals surface area (Å²) in [6.45, 7) is 1.71. The number of aliphatic carboxylic acids is 5. The number of pyridine rings is 1. The normalized spacial score (nSPS) is 16.0. The van der Waals surface area contributed by atoms with E-state index in [9.17, 15) is 135 Å². The predicted octanol–water partition coefficient (Wildman–Crippen LogP) is -2.19. The monoisotopic (exact) mass is 2160 g/mol. The zero-order chi connectivity index (χ0) is 109. The number of carbonyl (C=O) groups excluding carboxylic acids is 9. The van der Waals surface area contributed by atoms with Gasteiger partial charge in [-0.3, -0.25) is 95.8 Å². The first-order valence-corrected chi connectivity index (χ1v) is 54.5. The number of aromatic nitrogens is 1. The number of allylic oxidation sites excluding steroid dienone is 2. The number of carboxylic acids is 5. The topological polar surface area (TPSA) is 730 Å². The van der Waals surface area contributed by atoms with Gasteiger partial charge in [-0.1, -0.05) is 42.5 Å². The number of carboxylic acid groups (broad SMARTS) is 5. The number of hydrogen-bond acceptors (Lipinski definition) is 32. The molecular formula is C95H131N19O31S4. The molecule has 0 bridgehead atoms. The minimum absolute atomic E-state index is 0.00598. The highest BCUT2D eigenvalue weighted by Gasteiger charge is 2.36. The summed E-state index contributed by atoms with van der Waals surface area (Å²) in [4.78, 5) is 193. The lowest BCUT2D eigenvalue weighted by Crippen LogP contribution is -2.57. The Hall–Kier alpha value is -13.4. The van der Waals surface area contributed by atoms with Crippen molar-refractivity contribution >= 4 is 129 Å². The lowest BCUT2D eigenvalue weighted by atomic mass is 9.98. The van der Waals surface area contributed by atoms with Gasteiger partial charge in [0.05, 0.1) is 49.2 Å². The minimum atomic E-state index is -5.22. The average molecular weight is 2160 g/mol. The van der Waals surface area contributed by atoms with E-state index in [1.165, 1.54) is 82.7 Å². The van der Waals surface area contributed by atoms with Gasteiger partial charge in [-0.05, 0) is 197 Å². The number of rotatable bonds is 57. The van der Waals surface area contributed by atoms with Crippen molar-refractivity contribution in [3.05, 3.63) is 164 Å². The van der Waals surface area contributed by atoms with Gasteiger partial charge >= 0.3 is 29.8 Å². The number of aryl methyl sites for hydroxylation is 8. The van der Waals surface area contributed by atoms with Crippen LogP contribution < -0.4 is 82.7 Å². The van der Waals surface area contributed by atoms with Gasteiger partial charge in [0.15, 0.2) is 0 Å². The molecule has 5 heterocycles. The van der Waals surface area contributed by atoms with Gasteiger partial charge in [0.25, 0.3) is 32.1 Å². The lowest BCUT2D eigenvalue weighted by Gasteiger charge is -2.33. The molecule has 6 atom stereocenters. The van der Waals surface area contributed by atoms with Crippen LogP contribution in [0.1, 0.15) is 130 Å². The van der Waals surface area contributed by atoms with Gasteiger partial charge in [-0.15, -0.1) is 0 Å². The molecule has 50 nitrogen and oxygen atoms in total. The summed E-state index contributed by atoms with van der Waals surface area (Å²) in [6, 6.07) is 13.2. The van der Waals surface area contributed by atoms with Crippen molar-refractivity contribution < 1.29 is 145 Å². The van der Waals surface area contributed by atoms with Gasteiger partial charge in [0, 0.05) is 147 Å². The third-order valence-electron chi connectivity index (χ3n) is 24.3. The molecule has 2 unspecified atom stereocenters. The molecule has 9 amide bonds. The summed E-state index contributed by atoms with van der Waals surface area (Å²) in [5.41, 5.74) is 6.24. The Balaban J connectivity index is 0.750. The van der Waals surface area contributed by atoms with E-state index in [2.05, 4.69) is 91.5 Å². The number of hydrogen-bond donors (Lipinski definition) is 21. The van der Waals surface area contributed by atoms with Crippen LogP contribution in [0.3, 0.4) is 0 Å². The predicted molar refractivity (Wildman–Crippen MR) is 538 cm³/mol. The first kappa shape index (κ1) is 119. The molecule has 4 aliphatic heterocycles. The Morgan fingerprint density at radius 2 is 0.859 bits per heavy atom. The SMILES string of the molecule is Cc1cc(OCCCC(=O)NCCNC(=O)[C@H](CS(=O)(=O)O)NC(=O)CCC(NC(=O)CN2CCN(CC(=O)O)CCN(CC(=O)O)CCN(CC(=O)O)CC2)C(=O)N[C@@H](CS(=O)(=O)O)C(=O)NCCNC(=O)CCCOc2cc(C)c(S(=O)(=O)N[C@@H](CNC(=O)c3ccc(CCc4ccc5c(n4)NCCC5)cc3)C(=O)O)c(C)c2)cc(C)c1S(=O)(=O)N[C@@H](CNC(=O)c1ccc(CCC2C=CC3=C(NCCC3)N2)cc1)C(=O)O. The first-order chi connectivity index (χ1) is 70.5. The van der Waals surface area contributed by atoms with E-state index in [4.69, 9.17) is 14.5 Å². The van der Waals surface area contributed by atoms with E-state index in [1.54, 1.807) is 48.5 Å². The highest BCUT2D eigenvalue weighted by atomic mass is 32.2. The Kier molecular flexibility index (Phi) is 45.9. The van der Waals surface area contributed by atoms with Crippen molar-refractivity contribution in [3.63, 3.8) is 0 Å². The third-order valence-corrected chi connectivity index (χ3v) is 29.3. The summed E-state index contributed by atoms with van der Waals surface area (Å²) >= 11 is 0. The average Bonchev–Trinajstić information content (AvgIpc) is 0.788.